The smallest absolute Gasteiger partial charge is 0.416 e. The molecule has 0 aliphatic carbocycles. The molecule has 0 radical (unpaired) electrons. The molecule has 0 aliphatic heterocycles. The average molecular weight is 472 g/mol. The van der Waals surface area contributed by atoms with E-state index in [0.717, 1.165) is 30.3 Å². The highest BCUT2D eigenvalue weighted by Crippen LogP contribution is 2.29. The Balaban J connectivity index is 2.08. The zero-order chi connectivity index (χ0) is 24.1. The Bertz CT molecular complexity index is 1070. The topological polar surface area (TPSA) is 92.8 Å². The second kappa shape index (κ2) is 10.1. The quantitative estimate of drug-likeness (QED) is 0.588. The van der Waals surface area contributed by atoms with Crippen LogP contribution in [0.4, 0.5) is 18.9 Å². The van der Waals surface area contributed by atoms with Gasteiger partial charge in [0.2, 0.25) is 10.0 Å². The average Bonchev–Trinajstić information content (AvgIpc) is 2.74. The van der Waals surface area contributed by atoms with Crippen LogP contribution in [-0.2, 0) is 25.7 Å². The Morgan fingerprint density at radius 1 is 1.06 bits per heavy atom. The molecular weight excluding hydrogens is 449 g/mol. The van der Waals surface area contributed by atoms with Crippen molar-refractivity contribution in [2.24, 2.45) is 0 Å². The second-order valence-corrected chi connectivity index (χ2v) is 8.67. The summed E-state index contributed by atoms with van der Waals surface area (Å²) in [4.78, 5) is 24.6. The van der Waals surface area contributed by atoms with Crippen molar-refractivity contribution in [1.82, 2.24) is 4.31 Å². The van der Waals surface area contributed by atoms with Crippen LogP contribution in [0.2, 0.25) is 0 Å². The van der Waals surface area contributed by atoms with Gasteiger partial charge in [-0.1, -0.05) is 19.9 Å². The Kier molecular flexibility index (Phi) is 8.02. The summed E-state index contributed by atoms with van der Waals surface area (Å²) in [5, 5.41) is 2.36. The van der Waals surface area contributed by atoms with E-state index < -0.39 is 39.7 Å². The molecule has 174 valence electrons. The second-order valence-electron chi connectivity index (χ2n) is 6.73. The molecule has 1 N–H and O–H groups in total. The van der Waals surface area contributed by atoms with Crippen molar-refractivity contribution < 1.29 is 35.9 Å². The molecule has 7 nitrogen and oxygen atoms in total. The van der Waals surface area contributed by atoms with E-state index in [1.807, 2.05) is 0 Å². The van der Waals surface area contributed by atoms with Gasteiger partial charge in [0, 0.05) is 18.8 Å². The number of hydrogen-bond donors (Lipinski definition) is 1. The number of nitrogens with one attached hydrogen (secondary N) is 1. The lowest BCUT2D eigenvalue weighted by Crippen LogP contribution is -2.31. The highest BCUT2D eigenvalue weighted by molar-refractivity contribution is 7.89. The lowest BCUT2D eigenvalue weighted by molar-refractivity contribution is -0.137. The largest absolute Gasteiger partial charge is 0.449 e. The maximum Gasteiger partial charge on any atom is 0.416 e. The van der Waals surface area contributed by atoms with E-state index in [4.69, 9.17) is 4.74 Å². The van der Waals surface area contributed by atoms with Crippen LogP contribution in [0, 0.1) is 0 Å². The highest BCUT2D eigenvalue weighted by atomic mass is 32.2. The molecule has 1 atom stereocenters. The van der Waals surface area contributed by atoms with Crippen molar-refractivity contribution in [3.8, 4) is 0 Å². The zero-order valence-corrected chi connectivity index (χ0v) is 18.5. The Hall–Kier alpha value is -2.92. The van der Waals surface area contributed by atoms with Gasteiger partial charge in [0.1, 0.15) is 0 Å². The van der Waals surface area contributed by atoms with Crippen LogP contribution in [0.3, 0.4) is 0 Å². The molecule has 0 heterocycles. The standard InChI is InChI=1S/C21H23F3N2O5S/c1-4-26(5-2)32(29,30)18-8-6-7-15(13-18)20(28)31-14(3)19(27)25-17-11-9-16(10-12-17)21(22,23)24/h6-14H,4-5H2,1-3H3,(H,25,27). The minimum atomic E-state index is -4.50. The molecule has 0 saturated heterocycles. The maximum atomic E-state index is 12.6. The first kappa shape index (κ1) is 25.3. The minimum Gasteiger partial charge on any atom is -0.449 e. The number of ether oxygens (including phenoxy) is 1. The van der Waals surface area contributed by atoms with Crippen molar-refractivity contribution >= 4 is 27.6 Å². The van der Waals surface area contributed by atoms with E-state index in [9.17, 15) is 31.2 Å². The van der Waals surface area contributed by atoms with Crippen molar-refractivity contribution in [1.29, 1.82) is 0 Å². The molecule has 0 aromatic heterocycles. The Labute approximate surface area is 184 Å². The predicted octanol–water partition coefficient (Wildman–Crippen LogP) is 3.92. The molecule has 2 aromatic carbocycles. The summed E-state index contributed by atoms with van der Waals surface area (Å²) < 4.78 is 69.4. The van der Waals surface area contributed by atoms with Gasteiger partial charge in [-0.15, -0.1) is 0 Å². The Morgan fingerprint density at radius 3 is 2.19 bits per heavy atom. The van der Waals surface area contributed by atoms with E-state index >= 15 is 0 Å². The Morgan fingerprint density at radius 2 is 1.66 bits per heavy atom. The molecule has 1 amide bonds. The number of rotatable bonds is 8. The van der Waals surface area contributed by atoms with Crippen LogP contribution in [0.1, 0.15) is 36.7 Å². The number of sulfonamides is 1. The number of esters is 1. The summed E-state index contributed by atoms with van der Waals surface area (Å²) >= 11 is 0. The number of carbonyl (C=O) groups is 2. The molecule has 2 rings (SSSR count). The molecule has 32 heavy (non-hydrogen) atoms. The first-order valence-corrected chi connectivity index (χ1v) is 11.1. The van der Waals surface area contributed by atoms with E-state index in [0.29, 0.717) is 0 Å². The molecule has 11 heteroatoms. The molecule has 0 spiro atoms. The fourth-order valence-electron chi connectivity index (χ4n) is 2.76. The van der Waals surface area contributed by atoms with Crippen LogP contribution in [0.25, 0.3) is 0 Å². The van der Waals surface area contributed by atoms with Gasteiger partial charge in [0.05, 0.1) is 16.0 Å². The molecule has 0 bridgehead atoms. The number of amides is 1. The van der Waals surface area contributed by atoms with Crippen molar-refractivity contribution in [3.63, 3.8) is 0 Å². The number of anilines is 1. The molecule has 0 saturated carbocycles. The summed E-state index contributed by atoms with van der Waals surface area (Å²) in [6.45, 7) is 5.18. The third-order valence-electron chi connectivity index (χ3n) is 4.55. The van der Waals surface area contributed by atoms with Gasteiger partial charge in [0.25, 0.3) is 5.91 Å². The number of alkyl halides is 3. The van der Waals surface area contributed by atoms with E-state index in [1.165, 1.54) is 29.4 Å². The van der Waals surface area contributed by atoms with Gasteiger partial charge in [-0.3, -0.25) is 4.79 Å². The minimum absolute atomic E-state index is 0.0626. The third kappa shape index (κ3) is 6.07. The fraction of sp³-hybridized carbons (Fsp3) is 0.333. The molecule has 0 aliphatic rings. The van der Waals surface area contributed by atoms with Gasteiger partial charge in [-0.2, -0.15) is 17.5 Å². The van der Waals surface area contributed by atoms with Crippen molar-refractivity contribution in [2.45, 2.75) is 37.9 Å². The first-order chi connectivity index (χ1) is 14.9. The van der Waals surface area contributed by atoms with E-state index in [1.54, 1.807) is 13.8 Å². The summed E-state index contributed by atoms with van der Waals surface area (Å²) in [6, 6.07) is 9.04. The van der Waals surface area contributed by atoms with Gasteiger partial charge in [-0.25, -0.2) is 13.2 Å². The van der Waals surface area contributed by atoms with E-state index in [-0.39, 0.29) is 29.2 Å². The van der Waals surface area contributed by atoms with Crippen LogP contribution in [-0.4, -0.2) is 43.8 Å². The molecule has 2 aromatic rings. The monoisotopic (exact) mass is 472 g/mol. The van der Waals surface area contributed by atoms with Crippen LogP contribution < -0.4 is 5.32 Å². The van der Waals surface area contributed by atoms with Crippen LogP contribution in [0.15, 0.2) is 53.4 Å². The van der Waals surface area contributed by atoms with E-state index in [2.05, 4.69) is 5.32 Å². The molecule has 0 fully saturated rings. The van der Waals surface area contributed by atoms with Crippen LogP contribution >= 0.6 is 0 Å². The summed E-state index contributed by atoms with van der Waals surface area (Å²) in [7, 11) is -3.79. The zero-order valence-electron chi connectivity index (χ0n) is 17.6. The molecular formula is C21H23F3N2O5S. The predicted molar refractivity (Wildman–Crippen MR) is 112 cm³/mol. The van der Waals surface area contributed by atoms with Crippen molar-refractivity contribution in [3.05, 3.63) is 59.7 Å². The number of halogens is 3. The van der Waals surface area contributed by atoms with Crippen molar-refractivity contribution in [2.75, 3.05) is 18.4 Å². The lowest BCUT2D eigenvalue weighted by Gasteiger charge is -2.19. The third-order valence-corrected chi connectivity index (χ3v) is 6.59. The van der Waals surface area contributed by atoms with Gasteiger partial charge in [0.15, 0.2) is 6.10 Å². The normalized spacial score (nSPS) is 13.0. The summed E-state index contributed by atoms with van der Waals surface area (Å²) in [6.07, 6.45) is -5.79. The summed E-state index contributed by atoms with van der Waals surface area (Å²) in [5.41, 5.74) is -0.833. The molecule has 1 unspecified atom stereocenters. The van der Waals surface area contributed by atoms with Gasteiger partial charge in [-0.05, 0) is 49.4 Å². The number of nitrogens with zero attached hydrogens (tertiary/aromatic N) is 1. The maximum absolute atomic E-state index is 12.6. The highest BCUT2D eigenvalue weighted by Gasteiger charge is 2.30. The lowest BCUT2D eigenvalue weighted by atomic mass is 10.2. The number of hydrogen-bond acceptors (Lipinski definition) is 5. The fourth-order valence-corrected chi connectivity index (χ4v) is 4.27. The van der Waals surface area contributed by atoms with Gasteiger partial charge < -0.3 is 10.1 Å². The van der Waals surface area contributed by atoms with Gasteiger partial charge >= 0.3 is 12.1 Å². The SMILES string of the molecule is CCN(CC)S(=O)(=O)c1cccc(C(=O)OC(C)C(=O)Nc2ccc(C(F)(F)F)cc2)c1. The van der Waals surface area contributed by atoms with Crippen LogP contribution in [0.5, 0.6) is 0 Å². The number of carbonyl (C=O) groups excluding carboxylic acids is 2. The first-order valence-electron chi connectivity index (χ1n) is 9.69. The summed E-state index contributed by atoms with van der Waals surface area (Å²) in [5.74, 6) is -1.68. The number of benzene rings is 2.